The van der Waals surface area contributed by atoms with E-state index in [1.165, 1.54) is 5.56 Å². The van der Waals surface area contributed by atoms with Crippen molar-refractivity contribution in [3.8, 4) is 0 Å². The number of carbonyl (C=O) groups excluding carboxylic acids is 3. The number of likely N-dealkylation sites (tertiary alicyclic amines) is 2. The topological polar surface area (TPSA) is 66.9 Å². The van der Waals surface area contributed by atoms with Crippen LogP contribution in [0.1, 0.15) is 78.9 Å². The van der Waals surface area contributed by atoms with E-state index in [1.807, 2.05) is 47.9 Å². The number of hydrogen-bond donors (Lipinski definition) is 0. The molecule has 36 heavy (non-hydrogen) atoms. The summed E-state index contributed by atoms with van der Waals surface area (Å²) in [7, 11) is 0. The summed E-state index contributed by atoms with van der Waals surface area (Å²) in [5.74, 6) is 0.632. The van der Waals surface area contributed by atoms with Gasteiger partial charge in [-0.25, -0.2) is 4.79 Å². The highest BCUT2D eigenvalue weighted by molar-refractivity contribution is 5.96. The molecular formula is C30H34N2O4. The highest BCUT2D eigenvalue weighted by atomic mass is 16.6. The van der Waals surface area contributed by atoms with Crippen molar-refractivity contribution in [1.82, 2.24) is 9.80 Å². The van der Waals surface area contributed by atoms with E-state index in [0.29, 0.717) is 31.0 Å². The van der Waals surface area contributed by atoms with Crippen LogP contribution in [0.25, 0.3) is 0 Å². The third-order valence-corrected chi connectivity index (χ3v) is 8.84. The average molecular weight is 487 g/mol. The van der Waals surface area contributed by atoms with Crippen molar-refractivity contribution in [2.75, 3.05) is 26.2 Å². The molecule has 1 atom stereocenters. The Bertz CT molecular complexity index is 1210. The summed E-state index contributed by atoms with van der Waals surface area (Å²) < 4.78 is 5.86. The second-order valence-corrected chi connectivity index (χ2v) is 11.4. The predicted octanol–water partition coefficient (Wildman–Crippen LogP) is 4.38. The first kappa shape index (κ1) is 23.3. The number of hydrogen-bond acceptors (Lipinski definition) is 4. The van der Waals surface area contributed by atoms with Crippen LogP contribution >= 0.6 is 0 Å². The van der Waals surface area contributed by atoms with Gasteiger partial charge in [-0.05, 0) is 48.8 Å². The molecule has 1 aliphatic carbocycles. The van der Waals surface area contributed by atoms with Crippen LogP contribution in [-0.4, -0.2) is 53.8 Å². The number of carbonyl (C=O) groups is 3. The number of esters is 1. The molecule has 2 aromatic rings. The molecule has 6 nitrogen and oxygen atoms in total. The van der Waals surface area contributed by atoms with Gasteiger partial charge in [0, 0.05) is 37.5 Å². The monoisotopic (exact) mass is 486 g/mol. The third kappa shape index (κ3) is 3.64. The first-order chi connectivity index (χ1) is 17.3. The van der Waals surface area contributed by atoms with Crippen LogP contribution < -0.4 is 0 Å². The largest absolute Gasteiger partial charge is 0.449 e. The van der Waals surface area contributed by atoms with Gasteiger partial charge in [0.05, 0.1) is 17.5 Å². The molecule has 2 saturated heterocycles. The molecule has 1 spiro atoms. The van der Waals surface area contributed by atoms with Gasteiger partial charge in [-0.15, -0.1) is 0 Å². The van der Waals surface area contributed by atoms with Crippen molar-refractivity contribution in [2.45, 2.75) is 62.9 Å². The van der Waals surface area contributed by atoms with Crippen LogP contribution in [0.3, 0.4) is 0 Å². The highest BCUT2D eigenvalue weighted by Gasteiger charge is 2.57. The van der Waals surface area contributed by atoms with Crippen molar-refractivity contribution >= 4 is 17.8 Å². The molecule has 2 aromatic carbocycles. The molecule has 3 fully saturated rings. The SMILES string of the molecule is CC(C)C(=O)N1CCC(c2ccc(C3(C(=O)N4CCC5(C4)OC(=O)c4ccccc45)CC3)cc2)CC1. The zero-order chi connectivity index (χ0) is 25.1. The van der Waals surface area contributed by atoms with E-state index in [2.05, 4.69) is 24.3 Å². The zero-order valence-electron chi connectivity index (χ0n) is 21.2. The number of amides is 2. The number of benzene rings is 2. The highest BCUT2D eigenvalue weighted by Crippen LogP contribution is 2.52. The van der Waals surface area contributed by atoms with E-state index in [-0.39, 0.29) is 23.7 Å². The summed E-state index contributed by atoms with van der Waals surface area (Å²) >= 11 is 0. The number of nitrogens with zero attached hydrogens (tertiary/aromatic N) is 2. The molecule has 6 rings (SSSR count). The Morgan fingerprint density at radius 3 is 2.28 bits per heavy atom. The molecule has 0 aromatic heterocycles. The lowest BCUT2D eigenvalue weighted by Crippen LogP contribution is -2.40. The van der Waals surface area contributed by atoms with Crippen LogP contribution in [0.2, 0.25) is 0 Å². The fourth-order valence-corrected chi connectivity index (χ4v) is 6.53. The summed E-state index contributed by atoms with van der Waals surface area (Å²) in [5.41, 5.74) is 2.79. The van der Waals surface area contributed by atoms with Gasteiger partial charge in [-0.2, -0.15) is 0 Å². The summed E-state index contributed by atoms with van der Waals surface area (Å²) in [6.07, 6.45) is 4.34. The number of ether oxygens (including phenoxy) is 1. The lowest BCUT2D eigenvalue weighted by atomic mass is 9.86. The molecule has 188 valence electrons. The second-order valence-electron chi connectivity index (χ2n) is 11.4. The van der Waals surface area contributed by atoms with Crippen LogP contribution in [0.4, 0.5) is 0 Å². The van der Waals surface area contributed by atoms with Crippen molar-refractivity contribution in [3.05, 3.63) is 70.8 Å². The maximum atomic E-state index is 13.8. The van der Waals surface area contributed by atoms with Crippen LogP contribution in [0.15, 0.2) is 48.5 Å². The number of rotatable bonds is 4. The number of fused-ring (bicyclic) bond motifs is 2. The fraction of sp³-hybridized carbons (Fsp3) is 0.500. The fourth-order valence-electron chi connectivity index (χ4n) is 6.53. The van der Waals surface area contributed by atoms with Crippen molar-refractivity contribution in [3.63, 3.8) is 0 Å². The quantitative estimate of drug-likeness (QED) is 0.602. The third-order valence-electron chi connectivity index (χ3n) is 8.84. The van der Waals surface area contributed by atoms with Gasteiger partial charge in [-0.1, -0.05) is 56.3 Å². The summed E-state index contributed by atoms with van der Waals surface area (Å²) in [6, 6.07) is 16.2. The summed E-state index contributed by atoms with van der Waals surface area (Å²) in [4.78, 5) is 42.4. The average Bonchev–Trinajstić information content (AvgIpc) is 3.54. The molecule has 0 N–H and O–H groups in total. The molecule has 6 heteroatoms. The Hall–Kier alpha value is -3.15. The molecule has 1 saturated carbocycles. The van der Waals surface area contributed by atoms with Crippen molar-refractivity contribution < 1.29 is 19.1 Å². The van der Waals surface area contributed by atoms with E-state index in [4.69, 9.17) is 4.74 Å². The maximum Gasteiger partial charge on any atom is 0.339 e. The Labute approximate surface area is 212 Å². The van der Waals surface area contributed by atoms with Crippen molar-refractivity contribution in [2.24, 2.45) is 5.92 Å². The van der Waals surface area contributed by atoms with E-state index >= 15 is 0 Å². The smallest absolute Gasteiger partial charge is 0.339 e. The molecule has 3 heterocycles. The Balaban J connectivity index is 1.13. The van der Waals surface area contributed by atoms with Crippen LogP contribution in [0.5, 0.6) is 0 Å². The molecule has 0 bridgehead atoms. The molecular weight excluding hydrogens is 452 g/mol. The standard InChI is InChI=1S/C30H34N2O4/c1-20(2)26(33)31-16-11-22(12-17-31)21-7-9-23(10-8-21)29(13-14-29)28(35)32-18-15-30(19-32)25-6-4-3-5-24(25)27(34)36-30/h3-10,20,22H,11-19H2,1-2H3. The molecule has 4 aliphatic rings. The summed E-state index contributed by atoms with van der Waals surface area (Å²) in [5, 5.41) is 0. The van der Waals surface area contributed by atoms with Gasteiger partial charge in [0.15, 0.2) is 5.60 Å². The lowest BCUT2D eigenvalue weighted by Gasteiger charge is -2.33. The second kappa shape index (κ2) is 8.46. The number of piperidine rings is 1. The predicted molar refractivity (Wildman–Crippen MR) is 135 cm³/mol. The van der Waals surface area contributed by atoms with Gasteiger partial charge >= 0.3 is 5.97 Å². The minimum Gasteiger partial charge on any atom is -0.449 e. The van der Waals surface area contributed by atoms with E-state index in [9.17, 15) is 14.4 Å². The van der Waals surface area contributed by atoms with E-state index in [1.54, 1.807) is 0 Å². The summed E-state index contributed by atoms with van der Waals surface area (Å²) in [6.45, 7) is 6.59. The minimum atomic E-state index is -0.699. The van der Waals surface area contributed by atoms with Gasteiger partial charge in [-0.3, -0.25) is 9.59 Å². The zero-order valence-corrected chi connectivity index (χ0v) is 21.2. The molecule has 1 unspecified atom stereocenters. The van der Waals surface area contributed by atoms with Crippen molar-refractivity contribution in [1.29, 1.82) is 0 Å². The van der Waals surface area contributed by atoms with Gasteiger partial charge in [0.25, 0.3) is 0 Å². The van der Waals surface area contributed by atoms with Gasteiger partial charge in [0.2, 0.25) is 11.8 Å². The molecule has 2 amide bonds. The van der Waals surface area contributed by atoms with Crippen LogP contribution in [0, 0.1) is 5.92 Å². The Kier molecular flexibility index (Phi) is 5.47. The molecule has 3 aliphatic heterocycles. The first-order valence-electron chi connectivity index (χ1n) is 13.3. The lowest BCUT2D eigenvalue weighted by molar-refractivity contribution is -0.135. The minimum absolute atomic E-state index is 0.0500. The van der Waals surface area contributed by atoms with Crippen LogP contribution in [-0.2, 0) is 25.3 Å². The Morgan fingerprint density at radius 2 is 1.61 bits per heavy atom. The maximum absolute atomic E-state index is 13.8. The van der Waals surface area contributed by atoms with E-state index < -0.39 is 11.0 Å². The normalized spacial score (nSPS) is 24.8. The Morgan fingerprint density at radius 1 is 0.917 bits per heavy atom. The first-order valence-corrected chi connectivity index (χ1v) is 13.3. The van der Waals surface area contributed by atoms with E-state index in [0.717, 1.165) is 49.9 Å². The van der Waals surface area contributed by atoms with Gasteiger partial charge in [0.1, 0.15) is 0 Å². The molecule has 0 radical (unpaired) electrons. The van der Waals surface area contributed by atoms with Gasteiger partial charge < -0.3 is 14.5 Å².